The number of nitrogens with one attached hydrogen (secondary N) is 1. The Hall–Kier alpha value is -0.820. The van der Waals surface area contributed by atoms with E-state index in [1.54, 1.807) is 0 Å². The van der Waals surface area contributed by atoms with Gasteiger partial charge < -0.3 is 5.32 Å². The van der Waals surface area contributed by atoms with E-state index in [1.807, 2.05) is 0 Å². The van der Waals surface area contributed by atoms with Crippen LogP contribution in [0.15, 0.2) is 24.3 Å². The molecular weight excluding hydrogens is 254 g/mol. The molecule has 0 saturated heterocycles. The number of hydrogen-bond acceptors (Lipinski definition) is 1. The van der Waals surface area contributed by atoms with Crippen molar-refractivity contribution >= 4 is 0 Å². The highest BCUT2D eigenvalue weighted by Crippen LogP contribution is 2.19. The topological polar surface area (TPSA) is 12.0 Å². The van der Waals surface area contributed by atoms with Crippen LogP contribution in [0.3, 0.4) is 0 Å². The maximum absolute atomic E-state index is 3.79. The minimum atomic E-state index is 0.600. The summed E-state index contributed by atoms with van der Waals surface area (Å²) in [4.78, 5) is 0. The zero-order valence-electron chi connectivity index (χ0n) is 14.0. The van der Waals surface area contributed by atoms with Gasteiger partial charge in [0.2, 0.25) is 0 Å². The predicted molar refractivity (Wildman–Crippen MR) is 92.8 cm³/mol. The van der Waals surface area contributed by atoms with E-state index >= 15 is 0 Å². The quantitative estimate of drug-likeness (QED) is 0.610. The van der Waals surface area contributed by atoms with Gasteiger partial charge in [-0.1, -0.05) is 63.3 Å². The Morgan fingerprint density at radius 1 is 1.00 bits per heavy atom. The molecule has 1 nitrogen and oxygen atoms in total. The minimum Gasteiger partial charge on any atom is -0.311 e. The molecule has 2 rings (SSSR count). The summed E-state index contributed by atoms with van der Waals surface area (Å²) in [6.07, 6.45) is 13.4. The van der Waals surface area contributed by atoms with E-state index in [0.29, 0.717) is 6.04 Å². The Bertz CT molecular complexity index is 375. The van der Waals surface area contributed by atoms with Gasteiger partial charge in [-0.25, -0.2) is 0 Å². The molecule has 0 radical (unpaired) electrons. The second-order valence-electron chi connectivity index (χ2n) is 6.88. The van der Waals surface area contributed by atoms with Crippen molar-refractivity contribution in [2.24, 2.45) is 0 Å². The van der Waals surface area contributed by atoms with Gasteiger partial charge in [0.1, 0.15) is 0 Å². The van der Waals surface area contributed by atoms with E-state index in [-0.39, 0.29) is 0 Å². The average Bonchev–Trinajstić information content (AvgIpc) is 2.98. The summed E-state index contributed by atoms with van der Waals surface area (Å²) >= 11 is 0. The lowest BCUT2D eigenvalue weighted by Gasteiger charge is -2.19. The summed E-state index contributed by atoms with van der Waals surface area (Å²) in [5, 5.41) is 3.79. The molecule has 1 heteroatoms. The van der Waals surface area contributed by atoms with Crippen molar-refractivity contribution in [1.82, 2.24) is 5.32 Å². The van der Waals surface area contributed by atoms with E-state index in [9.17, 15) is 0 Å². The molecule has 1 atom stereocenters. The number of rotatable bonds is 9. The third-order valence-electron chi connectivity index (χ3n) is 4.76. The fourth-order valence-electron chi connectivity index (χ4n) is 3.51. The van der Waals surface area contributed by atoms with E-state index < -0.39 is 0 Å². The van der Waals surface area contributed by atoms with Gasteiger partial charge in [-0.05, 0) is 50.2 Å². The fourth-order valence-corrected chi connectivity index (χ4v) is 3.51. The molecule has 1 N–H and O–H groups in total. The van der Waals surface area contributed by atoms with Gasteiger partial charge in [0.05, 0.1) is 0 Å². The molecule has 1 fully saturated rings. The molecule has 0 spiro atoms. The molecule has 1 aliphatic carbocycles. The van der Waals surface area contributed by atoms with Crippen LogP contribution in [0, 0.1) is 0 Å². The molecule has 21 heavy (non-hydrogen) atoms. The zero-order chi connectivity index (χ0) is 14.9. The van der Waals surface area contributed by atoms with Crippen LogP contribution >= 0.6 is 0 Å². The van der Waals surface area contributed by atoms with Gasteiger partial charge in [0.25, 0.3) is 0 Å². The largest absolute Gasteiger partial charge is 0.311 e. The Labute approximate surface area is 131 Å². The van der Waals surface area contributed by atoms with Crippen molar-refractivity contribution in [3.05, 3.63) is 35.4 Å². The Kier molecular flexibility index (Phi) is 7.29. The molecular formula is C20H33N. The maximum atomic E-state index is 3.79. The SMILES string of the molecule is CCCCCCc1ccc(CC(C)NC2CCCC2)cc1. The summed E-state index contributed by atoms with van der Waals surface area (Å²) in [5.41, 5.74) is 2.98. The molecule has 0 bridgehead atoms. The third kappa shape index (κ3) is 6.22. The molecule has 0 amide bonds. The van der Waals surface area contributed by atoms with Crippen LogP contribution in [0.25, 0.3) is 0 Å². The second kappa shape index (κ2) is 9.25. The van der Waals surface area contributed by atoms with E-state index in [2.05, 4.69) is 43.4 Å². The van der Waals surface area contributed by atoms with Crippen LogP contribution in [-0.2, 0) is 12.8 Å². The van der Waals surface area contributed by atoms with E-state index in [4.69, 9.17) is 0 Å². The standard InChI is InChI=1S/C20H33N/c1-3-4-5-6-9-18-12-14-19(15-13-18)16-17(2)21-20-10-7-8-11-20/h12-15,17,20-21H,3-11,16H2,1-2H3. The first-order valence-electron chi connectivity index (χ1n) is 9.12. The van der Waals surface area contributed by atoms with E-state index in [0.717, 1.165) is 12.5 Å². The lowest BCUT2D eigenvalue weighted by atomic mass is 10.0. The van der Waals surface area contributed by atoms with Crippen LogP contribution in [0.2, 0.25) is 0 Å². The first-order chi connectivity index (χ1) is 10.3. The van der Waals surface area contributed by atoms with Gasteiger partial charge in [-0.2, -0.15) is 0 Å². The summed E-state index contributed by atoms with van der Waals surface area (Å²) in [5.74, 6) is 0. The van der Waals surface area contributed by atoms with Crippen LogP contribution in [-0.4, -0.2) is 12.1 Å². The van der Waals surface area contributed by atoms with Crippen LogP contribution in [0.4, 0.5) is 0 Å². The molecule has 1 unspecified atom stereocenters. The lowest BCUT2D eigenvalue weighted by molar-refractivity contribution is 0.448. The van der Waals surface area contributed by atoms with Gasteiger partial charge in [-0.3, -0.25) is 0 Å². The Balaban J connectivity index is 1.70. The van der Waals surface area contributed by atoms with Crippen molar-refractivity contribution in [1.29, 1.82) is 0 Å². The number of benzene rings is 1. The van der Waals surface area contributed by atoms with Crippen molar-refractivity contribution in [3.8, 4) is 0 Å². The summed E-state index contributed by atoms with van der Waals surface area (Å²) in [6.45, 7) is 4.60. The van der Waals surface area contributed by atoms with Crippen LogP contribution < -0.4 is 5.32 Å². The zero-order valence-corrected chi connectivity index (χ0v) is 14.0. The summed E-state index contributed by atoms with van der Waals surface area (Å²) < 4.78 is 0. The van der Waals surface area contributed by atoms with Gasteiger partial charge >= 0.3 is 0 Å². The summed E-state index contributed by atoms with van der Waals surface area (Å²) in [7, 11) is 0. The number of unbranched alkanes of at least 4 members (excludes halogenated alkanes) is 3. The molecule has 0 heterocycles. The molecule has 1 aromatic carbocycles. The van der Waals surface area contributed by atoms with Crippen LogP contribution in [0.5, 0.6) is 0 Å². The molecule has 1 aliphatic rings. The average molecular weight is 287 g/mol. The van der Waals surface area contributed by atoms with Gasteiger partial charge in [0.15, 0.2) is 0 Å². The van der Waals surface area contributed by atoms with Gasteiger partial charge in [-0.15, -0.1) is 0 Å². The molecule has 0 aliphatic heterocycles. The highest BCUT2D eigenvalue weighted by atomic mass is 14.9. The summed E-state index contributed by atoms with van der Waals surface area (Å²) in [6, 6.07) is 10.7. The minimum absolute atomic E-state index is 0.600. The number of hydrogen-bond donors (Lipinski definition) is 1. The first kappa shape index (κ1) is 16.5. The van der Waals surface area contributed by atoms with Crippen LogP contribution in [0.1, 0.15) is 76.3 Å². The van der Waals surface area contributed by atoms with Gasteiger partial charge in [0, 0.05) is 12.1 Å². The van der Waals surface area contributed by atoms with Crippen molar-refractivity contribution in [3.63, 3.8) is 0 Å². The number of aryl methyl sites for hydroxylation is 1. The first-order valence-corrected chi connectivity index (χ1v) is 9.12. The smallest absolute Gasteiger partial charge is 0.00817 e. The van der Waals surface area contributed by atoms with Crippen molar-refractivity contribution in [2.45, 2.75) is 90.1 Å². The van der Waals surface area contributed by atoms with Crippen molar-refractivity contribution in [2.75, 3.05) is 0 Å². The molecule has 1 saturated carbocycles. The Morgan fingerprint density at radius 3 is 2.33 bits per heavy atom. The monoisotopic (exact) mass is 287 g/mol. The van der Waals surface area contributed by atoms with Crippen molar-refractivity contribution < 1.29 is 0 Å². The second-order valence-corrected chi connectivity index (χ2v) is 6.88. The maximum Gasteiger partial charge on any atom is 0.00817 e. The highest BCUT2D eigenvalue weighted by Gasteiger charge is 2.16. The third-order valence-corrected chi connectivity index (χ3v) is 4.76. The Morgan fingerprint density at radius 2 is 1.67 bits per heavy atom. The molecule has 118 valence electrons. The highest BCUT2D eigenvalue weighted by molar-refractivity contribution is 5.23. The molecule has 0 aromatic heterocycles. The fraction of sp³-hybridized carbons (Fsp3) is 0.700. The molecule has 1 aromatic rings. The van der Waals surface area contributed by atoms with E-state index in [1.165, 1.54) is 68.9 Å². The normalized spacial score (nSPS) is 17.2. The lowest BCUT2D eigenvalue weighted by Crippen LogP contribution is -2.35. The predicted octanol–water partition coefficient (Wildman–Crippen LogP) is 5.27.